The summed E-state index contributed by atoms with van der Waals surface area (Å²) in [6, 6.07) is 10.3. The van der Waals surface area contributed by atoms with Crippen molar-refractivity contribution in [1.29, 1.82) is 0 Å². The molecule has 25 heavy (non-hydrogen) atoms. The quantitative estimate of drug-likeness (QED) is 0.621. The number of amides is 1. The Bertz CT molecular complexity index is 646. The van der Waals surface area contributed by atoms with Crippen molar-refractivity contribution in [3.63, 3.8) is 0 Å². The van der Waals surface area contributed by atoms with E-state index in [1.807, 2.05) is 25.1 Å². The van der Waals surface area contributed by atoms with Crippen molar-refractivity contribution in [3.8, 4) is 0 Å². The van der Waals surface area contributed by atoms with Crippen LogP contribution in [0.25, 0.3) is 0 Å². The number of nitrogens with zero attached hydrogens (tertiary/aromatic N) is 3. The van der Waals surface area contributed by atoms with Crippen molar-refractivity contribution in [2.75, 3.05) is 26.0 Å². The van der Waals surface area contributed by atoms with E-state index in [1.54, 1.807) is 7.11 Å². The maximum absolute atomic E-state index is 11.8. The van der Waals surface area contributed by atoms with Gasteiger partial charge >= 0.3 is 0 Å². The molecule has 1 amide bonds. The molecule has 0 bridgehead atoms. The molecule has 7 heteroatoms. The lowest BCUT2D eigenvalue weighted by Gasteiger charge is -2.10. The number of hydrogen-bond donors (Lipinski definition) is 1. The Hall–Kier alpha value is -1.86. The van der Waals surface area contributed by atoms with Crippen LogP contribution in [0, 0.1) is 0 Å². The molecule has 0 aliphatic carbocycles. The van der Waals surface area contributed by atoms with Gasteiger partial charge in [0.15, 0.2) is 5.16 Å². The van der Waals surface area contributed by atoms with Crippen LogP contribution in [0.3, 0.4) is 0 Å². The summed E-state index contributed by atoms with van der Waals surface area (Å²) < 4.78 is 7.26. The van der Waals surface area contributed by atoms with E-state index in [0.717, 1.165) is 30.2 Å². The monoisotopic (exact) mass is 362 g/mol. The number of carbonyl (C=O) groups is 1. The summed E-state index contributed by atoms with van der Waals surface area (Å²) in [4.78, 5) is 11.8. The summed E-state index contributed by atoms with van der Waals surface area (Å²) in [5.41, 5.74) is 1.27. The first-order chi connectivity index (χ1) is 12.2. The number of carbonyl (C=O) groups excluding carboxylic acids is 1. The number of rotatable bonds is 11. The number of aromatic nitrogens is 3. The number of nitrogens with one attached hydrogen (secondary N) is 1. The summed E-state index contributed by atoms with van der Waals surface area (Å²) in [7, 11) is 1.68. The average Bonchev–Trinajstić information content (AvgIpc) is 3.03. The Morgan fingerprint density at radius 2 is 2.04 bits per heavy atom. The van der Waals surface area contributed by atoms with Crippen LogP contribution in [-0.4, -0.2) is 46.7 Å². The molecule has 0 fully saturated rings. The predicted octanol–water partition coefficient (Wildman–Crippen LogP) is 2.33. The van der Waals surface area contributed by atoms with Crippen molar-refractivity contribution in [3.05, 3.63) is 41.7 Å². The second-order valence-electron chi connectivity index (χ2n) is 5.67. The standard InChI is InChI=1S/C18H26N4O2S/c1-3-11-19-17(23)14-25-18-21-20-16(22(18)12-13-24-2)10-9-15-7-5-4-6-8-15/h4-8H,3,9-14H2,1-2H3,(H,19,23). The van der Waals surface area contributed by atoms with Crippen molar-refractivity contribution >= 4 is 17.7 Å². The van der Waals surface area contributed by atoms with Gasteiger partial charge in [0.25, 0.3) is 0 Å². The molecule has 136 valence electrons. The maximum Gasteiger partial charge on any atom is 0.230 e. The smallest absolute Gasteiger partial charge is 0.230 e. The normalized spacial score (nSPS) is 10.8. The SMILES string of the molecule is CCCNC(=O)CSc1nnc(CCc2ccccc2)n1CCOC. The minimum atomic E-state index is 0.0268. The molecule has 0 spiro atoms. The van der Waals surface area contributed by atoms with Gasteiger partial charge in [0.1, 0.15) is 5.82 Å². The predicted molar refractivity (Wildman–Crippen MR) is 99.8 cm³/mol. The molecular formula is C18H26N4O2S. The first-order valence-corrected chi connectivity index (χ1v) is 9.57. The number of hydrogen-bond acceptors (Lipinski definition) is 5. The maximum atomic E-state index is 11.8. The van der Waals surface area contributed by atoms with E-state index in [2.05, 4.69) is 32.2 Å². The van der Waals surface area contributed by atoms with Crippen LogP contribution >= 0.6 is 11.8 Å². The van der Waals surface area contributed by atoms with Gasteiger partial charge in [0.2, 0.25) is 5.91 Å². The zero-order valence-electron chi connectivity index (χ0n) is 14.9. The molecule has 1 aromatic carbocycles. The van der Waals surface area contributed by atoms with Gasteiger partial charge in [0, 0.05) is 26.6 Å². The van der Waals surface area contributed by atoms with E-state index in [1.165, 1.54) is 17.3 Å². The highest BCUT2D eigenvalue weighted by atomic mass is 32.2. The molecule has 2 aromatic rings. The Balaban J connectivity index is 1.99. The lowest BCUT2D eigenvalue weighted by molar-refractivity contribution is -0.118. The molecule has 1 N–H and O–H groups in total. The van der Waals surface area contributed by atoms with Crippen molar-refractivity contribution in [2.24, 2.45) is 0 Å². The zero-order valence-corrected chi connectivity index (χ0v) is 15.7. The first-order valence-electron chi connectivity index (χ1n) is 8.59. The number of thioether (sulfide) groups is 1. The second-order valence-corrected chi connectivity index (χ2v) is 6.61. The van der Waals surface area contributed by atoms with Crippen LogP contribution in [0.2, 0.25) is 0 Å². The van der Waals surface area contributed by atoms with Gasteiger partial charge in [0.05, 0.1) is 12.4 Å². The Labute approximate surface area is 153 Å². The molecule has 0 aliphatic heterocycles. The van der Waals surface area contributed by atoms with Gasteiger partial charge in [-0.25, -0.2) is 0 Å². The molecule has 2 rings (SSSR count). The fourth-order valence-corrected chi connectivity index (χ4v) is 3.18. The summed E-state index contributed by atoms with van der Waals surface area (Å²) in [6.07, 6.45) is 2.65. The van der Waals surface area contributed by atoms with E-state index >= 15 is 0 Å². The van der Waals surface area contributed by atoms with Crippen molar-refractivity contribution in [2.45, 2.75) is 37.9 Å². The van der Waals surface area contributed by atoms with Crippen LogP contribution in [0.15, 0.2) is 35.5 Å². The average molecular weight is 362 g/mol. The number of aryl methyl sites for hydroxylation is 2. The summed E-state index contributed by atoms with van der Waals surface area (Å²) in [5.74, 6) is 1.31. The first kappa shape index (κ1) is 19.5. The minimum absolute atomic E-state index is 0.0268. The molecule has 0 atom stereocenters. The summed E-state index contributed by atoms with van der Waals surface area (Å²) >= 11 is 1.42. The third-order valence-electron chi connectivity index (χ3n) is 3.70. The molecular weight excluding hydrogens is 336 g/mol. The van der Waals surface area contributed by atoms with Crippen molar-refractivity contribution < 1.29 is 9.53 Å². The zero-order chi connectivity index (χ0) is 17.9. The van der Waals surface area contributed by atoms with Gasteiger partial charge in [-0.15, -0.1) is 10.2 Å². The molecule has 1 aromatic heterocycles. The van der Waals surface area contributed by atoms with E-state index < -0.39 is 0 Å². The number of benzene rings is 1. The fraction of sp³-hybridized carbons (Fsp3) is 0.500. The number of methoxy groups -OCH3 is 1. The Morgan fingerprint density at radius 1 is 1.24 bits per heavy atom. The Kier molecular flexibility index (Phi) is 8.48. The molecule has 0 radical (unpaired) electrons. The third-order valence-corrected chi connectivity index (χ3v) is 4.66. The number of ether oxygens (including phenoxy) is 1. The lowest BCUT2D eigenvalue weighted by Crippen LogP contribution is -2.25. The molecule has 6 nitrogen and oxygen atoms in total. The van der Waals surface area contributed by atoms with Crippen LogP contribution in [0.1, 0.15) is 24.7 Å². The van der Waals surface area contributed by atoms with Gasteiger partial charge in [-0.2, -0.15) is 0 Å². The fourth-order valence-electron chi connectivity index (χ4n) is 2.36. The van der Waals surface area contributed by atoms with E-state index in [0.29, 0.717) is 25.4 Å². The minimum Gasteiger partial charge on any atom is -0.383 e. The van der Waals surface area contributed by atoms with Gasteiger partial charge in [-0.05, 0) is 18.4 Å². The Morgan fingerprint density at radius 3 is 2.76 bits per heavy atom. The van der Waals surface area contributed by atoms with Gasteiger partial charge < -0.3 is 14.6 Å². The van der Waals surface area contributed by atoms with Crippen molar-refractivity contribution in [1.82, 2.24) is 20.1 Å². The van der Waals surface area contributed by atoms with E-state index in [9.17, 15) is 4.79 Å². The topological polar surface area (TPSA) is 69.0 Å². The largest absolute Gasteiger partial charge is 0.383 e. The summed E-state index contributed by atoms with van der Waals surface area (Å²) in [6.45, 7) is 4.02. The van der Waals surface area contributed by atoms with Gasteiger partial charge in [-0.3, -0.25) is 4.79 Å². The van der Waals surface area contributed by atoms with Crippen LogP contribution < -0.4 is 5.32 Å². The molecule has 0 aliphatic rings. The molecule has 0 saturated carbocycles. The molecule has 0 saturated heterocycles. The third kappa shape index (κ3) is 6.51. The molecule has 0 unspecified atom stereocenters. The van der Waals surface area contributed by atoms with Crippen LogP contribution in [0.4, 0.5) is 0 Å². The highest BCUT2D eigenvalue weighted by Gasteiger charge is 2.14. The van der Waals surface area contributed by atoms with E-state index in [-0.39, 0.29) is 5.91 Å². The highest BCUT2D eigenvalue weighted by Crippen LogP contribution is 2.18. The summed E-state index contributed by atoms with van der Waals surface area (Å²) in [5, 5.41) is 12.2. The van der Waals surface area contributed by atoms with Gasteiger partial charge in [-0.1, -0.05) is 49.0 Å². The van der Waals surface area contributed by atoms with Crippen LogP contribution in [-0.2, 0) is 28.9 Å². The lowest BCUT2D eigenvalue weighted by atomic mass is 10.1. The van der Waals surface area contributed by atoms with E-state index in [4.69, 9.17) is 4.74 Å². The highest BCUT2D eigenvalue weighted by molar-refractivity contribution is 7.99. The second kappa shape index (κ2) is 10.9. The van der Waals surface area contributed by atoms with Crippen LogP contribution in [0.5, 0.6) is 0 Å². The molecule has 1 heterocycles.